The third-order valence-electron chi connectivity index (χ3n) is 5.08. The first-order valence-electron chi connectivity index (χ1n) is 9.28. The number of hydrogen-bond donors (Lipinski definition) is 1. The Balaban J connectivity index is 1.69. The van der Waals surface area contributed by atoms with Crippen molar-refractivity contribution in [1.29, 1.82) is 0 Å². The summed E-state index contributed by atoms with van der Waals surface area (Å²) in [4.78, 5) is 30.1. The summed E-state index contributed by atoms with van der Waals surface area (Å²) < 4.78 is 30.4. The maximum Gasteiger partial charge on any atom is 0.278 e. The average Bonchev–Trinajstić information content (AvgIpc) is 2.82. The zero-order valence-corrected chi connectivity index (χ0v) is 15.5. The second kappa shape index (κ2) is 7.18. The molecule has 146 valence electrons. The lowest BCUT2D eigenvalue weighted by molar-refractivity contribution is -0.116. The van der Waals surface area contributed by atoms with E-state index in [0.717, 1.165) is 49.7 Å². The first-order valence-corrected chi connectivity index (χ1v) is 9.28. The highest BCUT2D eigenvalue weighted by Gasteiger charge is 2.19. The molecule has 28 heavy (non-hydrogen) atoms. The largest absolute Gasteiger partial charge is 0.330 e. The number of amides is 1. The molecule has 1 N–H and O–H groups in total. The Hall–Kier alpha value is -3.03. The van der Waals surface area contributed by atoms with Gasteiger partial charge in [-0.25, -0.2) is 13.8 Å². The minimum Gasteiger partial charge on any atom is -0.330 e. The van der Waals surface area contributed by atoms with Crippen LogP contribution < -0.4 is 10.9 Å². The zero-order valence-electron chi connectivity index (χ0n) is 15.5. The van der Waals surface area contributed by atoms with E-state index >= 15 is 0 Å². The van der Waals surface area contributed by atoms with Crippen molar-refractivity contribution in [3.05, 3.63) is 57.8 Å². The van der Waals surface area contributed by atoms with Crippen LogP contribution in [-0.4, -0.2) is 20.0 Å². The van der Waals surface area contributed by atoms with Crippen molar-refractivity contribution in [2.24, 2.45) is 0 Å². The third-order valence-corrected chi connectivity index (χ3v) is 5.08. The summed E-state index contributed by atoms with van der Waals surface area (Å²) in [5.74, 6) is -1.15. The van der Waals surface area contributed by atoms with Gasteiger partial charge in [0.05, 0.1) is 11.2 Å². The van der Waals surface area contributed by atoms with Crippen LogP contribution in [0.3, 0.4) is 0 Å². The Morgan fingerprint density at radius 2 is 2.04 bits per heavy atom. The van der Waals surface area contributed by atoms with Crippen molar-refractivity contribution < 1.29 is 13.6 Å². The van der Waals surface area contributed by atoms with Gasteiger partial charge in [0.1, 0.15) is 29.5 Å². The lowest BCUT2D eigenvalue weighted by Crippen LogP contribution is -2.28. The molecular formula is C20H20F2N4O2. The van der Waals surface area contributed by atoms with Gasteiger partial charge in [-0.2, -0.15) is 0 Å². The highest BCUT2D eigenvalue weighted by atomic mass is 19.1. The third kappa shape index (κ3) is 3.30. The number of carbonyl (C=O) groups excluding carboxylic acids is 1. The molecule has 0 saturated carbocycles. The number of aryl methyl sites for hydroxylation is 2. The molecule has 0 unspecified atom stereocenters. The van der Waals surface area contributed by atoms with Crippen LogP contribution in [0, 0.1) is 18.6 Å². The topological polar surface area (TPSA) is 68.9 Å². The minimum atomic E-state index is -0.726. The van der Waals surface area contributed by atoms with Gasteiger partial charge in [0.2, 0.25) is 5.91 Å². The molecule has 0 saturated heterocycles. The molecular weight excluding hydrogens is 366 g/mol. The zero-order chi connectivity index (χ0) is 19.8. The standard InChI is InChI=1S/C20H20F2N4O2/c1-12-9-16-19(20(28)25-8-4-2-3-5-17(25)23-16)26(12)11-18(27)24-15-10-13(21)6-7-14(15)22/h6-7,9-10H,2-5,8,11H2,1H3,(H,24,27). The second-order valence-corrected chi connectivity index (χ2v) is 7.07. The first-order chi connectivity index (χ1) is 13.4. The maximum atomic E-state index is 13.8. The monoisotopic (exact) mass is 386 g/mol. The molecule has 0 fully saturated rings. The van der Waals surface area contributed by atoms with Gasteiger partial charge < -0.3 is 9.88 Å². The van der Waals surface area contributed by atoms with E-state index in [0.29, 0.717) is 23.3 Å². The smallest absolute Gasteiger partial charge is 0.278 e. The van der Waals surface area contributed by atoms with Gasteiger partial charge in [-0.1, -0.05) is 6.42 Å². The summed E-state index contributed by atoms with van der Waals surface area (Å²) in [5, 5.41) is 2.37. The molecule has 3 heterocycles. The normalized spacial score (nSPS) is 14.0. The minimum absolute atomic E-state index is 0.167. The molecule has 0 spiro atoms. The van der Waals surface area contributed by atoms with Crippen molar-refractivity contribution in [3.8, 4) is 0 Å². The molecule has 3 aromatic rings. The summed E-state index contributed by atoms with van der Waals surface area (Å²) in [7, 11) is 0. The van der Waals surface area contributed by atoms with E-state index < -0.39 is 17.5 Å². The number of benzene rings is 1. The summed E-state index contributed by atoms with van der Waals surface area (Å²) in [6.07, 6.45) is 3.72. The van der Waals surface area contributed by atoms with Gasteiger partial charge in [0.15, 0.2) is 0 Å². The molecule has 0 atom stereocenters. The van der Waals surface area contributed by atoms with Gasteiger partial charge in [0, 0.05) is 24.7 Å². The quantitative estimate of drug-likeness (QED) is 0.752. The van der Waals surface area contributed by atoms with Crippen molar-refractivity contribution in [1.82, 2.24) is 14.1 Å². The molecule has 2 aromatic heterocycles. The number of hydrogen-bond acceptors (Lipinski definition) is 3. The van der Waals surface area contributed by atoms with Crippen LogP contribution in [0.1, 0.15) is 30.8 Å². The summed E-state index contributed by atoms with van der Waals surface area (Å²) in [6, 6.07) is 4.63. The van der Waals surface area contributed by atoms with Gasteiger partial charge in [0.25, 0.3) is 5.56 Å². The predicted octanol–water partition coefficient (Wildman–Crippen LogP) is 3.15. The highest BCUT2D eigenvalue weighted by Crippen LogP contribution is 2.19. The average molecular weight is 386 g/mol. The molecule has 1 aliphatic rings. The summed E-state index contributed by atoms with van der Waals surface area (Å²) in [5.41, 5.74) is 1.22. The Bertz CT molecular complexity index is 1130. The van der Waals surface area contributed by atoms with Crippen molar-refractivity contribution in [2.45, 2.75) is 45.7 Å². The summed E-state index contributed by atoms with van der Waals surface area (Å²) >= 11 is 0. The highest BCUT2D eigenvalue weighted by molar-refractivity contribution is 5.92. The lowest BCUT2D eigenvalue weighted by Gasteiger charge is -2.12. The molecule has 8 heteroatoms. The van der Waals surface area contributed by atoms with Gasteiger partial charge in [-0.05, 0) is 38.0 Å². The van der Waals surface area contributed by atoms with Crippen molar-refractivity contribution in [2.75, 3.05) is 5.32 Å². The Morgan fingerprint density at radius 3 is 2.86 bits per heavy atom. The molecule has 0 bridgehead atoms. The van der Waals surface area contributed by atoms with Crippen LogP contribution in [0.4, 0.5) is 14.5 Å². The second-order valence-electron chi connectivity index (χ2n) is 7.07. The number of carbonyl (C=O) groups is 1. The van der Waals surface area contributed by atoms with E-state index in [2.05, 4.69) is 10.3 Å². The van der Waals surface area contributed by atoms with E-state index in [4.69, 9.17) is 0 Å². The number of nitrogens with zero attached hydrogens (tertiary/aromatic N) is 3. The molecule has 0 aliphatic carbocycles. The predicted molar refractivity (Wildman–Crippen MR) is 101 cm³/mol. The van der Waals surface area contributed by atoms with Crippen LogP contribution in [0.15, 0.2) is 29.1 Å². The van der Waals surface area contributed by atoms with Crippen LogP contribution in [0.5, 0.6) is 0 Å². The SMILES string of the molecule is Cc1cc2nc3n(c(=O)c2n1CC(=O)Nc1cc(F)ccc1F)CCCCC3. The van der Waals surface area contributed by atoms with Crippen LogP contribution in [0.2, 0.25) is 0 Å². The fraction of sp³-hybridized carbons (Fsp3) is 0.350. The first kappa shape index (κ1) is 18.3. The van der Waals surface area contributed by atoms with Gasteiger partial charge in [-0.15, -0.1) is 0 Å². The number of anilines is 1. The number of aromatic nitrogens is 3. The van der Waals surface area contributed by atoms with Crippen LogP contribution in [0.25, 0.3) is 11.0 Å². The van der Waals surface area contributed by atoms with E-state index in [-0.39, 0.29) is 17.8 Å². The molecule has 1 aliphatic heterocycles. The van der Waals surface area contributed by atoms with Gasteiger partial charge in [-0.3, -0.25) is 14.2 Å². The number of rotatable bonds is 3. The maximum absolute atomic E-state index is 13.8. The molecule has 1 aromatic carbocycles. The number of fused-ring (bicyclic) bond motifs is 2. The van der Waals surface area contributed by atoms with E-state index in [9.17, 15) is 18.4 Å². The fourth-order valence-corrected chi connectivity index (χ4v) is 3.70. The van der Waals surface area contributed by atoms with E-state index in [1.165, 1.54) is 0 Å². The molecule has 0 radical (unpaired) electrons. The van der Waals surface area contributed by atoms with Crippen molar-refractivity contribution in [3.63, 3.8) is 0 Å². The van der Waals surface area contributed by atoms with Crippen LogP contribution in [-0.2, 0) is 24.3 Å². The summed E-state index contributed by atoms with van der Waals surface area (Å²) in [6.45, 7) is 2.20. The number of halogens is 2. The molecule has 1 amide bonds. The van der Waals surface area contributed by atoms with E-state index in [1.54, 1.807) is 22.1 Å². The molecule has 6 nitrogen and oxygen atoms in total. The van der Waals surface area contributed by atoms with Crippen LogP contribution >= 0.6 is 0 Å². The molecule has 4 rings (SSSR count). The number of nitrogens with one attached hydrogen (secondary N) is 1. The Morgan fingerprint density at radius 1 is 1.21 bits per heavy atom. The fourth-order valence-electron chi connectivity index (χ4n) is 3.70. The Kier molecular flexibility index (Phi) is 4.70. The Labute approximate surface area is 159 Å². The van der Waals surface area contributed by atoms with E-state index in [1.807, 2.05) is 0 Å². The lowest BCUT2D eigenvalue weighted by atomic mass is 10.2. The van der Waals surface area contributed by atoms with Crippen molar-refractivity contribution >= 4 is 22.6 Å². The van der Waals surface area contributed by atoms with Gasteiger partial charge >= 0.3 is 0 Å².